The van der Waals surface area contributed by atoms with Crippen LogP contribution in [0.4, 0.5) is 13.2 Å². The summed E-state index contributed by atoms with van der Waals surface area (Å²) in [6.45, 7) is 7.63. The first-order valence-corrected chi connectivity index (χ1v) is 14.8. The van der Waals surface area contributed by atoms with Gasteiger partial charge in [0.1, 0.15) is 0 Å². The number of hydrogen-bond donors (Lipinski definition) is 2. The van der Waals surface area contributed by atoms with Gasteiger partial charge in [-0.1, -0.05) is 11.6 Å². The number of carbonyl (C=O) groups is 2. The first kappa shape index (κ1) is 31.7. The van der Waals surface area contributed by atoms with Crippen LogP contribution in [0, 0.1) is 5.92 Å². The second-order valence-corrected chi connectivity index (χ2v) is 11.9. The molecule has 1 aromatic carbocycles. The largest absolute Gasteiger partial charge is 0.416 e. The number of carbonyl (C=O) groups excluding carboxylic acids is 2. The van der Waals surface area contributed by atoms with Gasteiger partial charge in [-0.25, -0.2) is 0 Å². The van der Waals surface area contributed by atoms with Crippen LogP contribution in [-0.4, -0.2) is 71.7 Å². The van der Waals surface area contributed by atoms with Crippen LogP contribution in [0.15, 0.2) is 29.8 Å². The number of piperidine rings is 1. The maximum atomic E-state index is 13.9. The summed E-state index contributed by atoms with van der Waals surface area (Å²) in [7, 11) is 4.02. The third kappa shape index (κ3) is 8.22. The van der Waals surface area contributed by atoms with E-state index < -0.39 is 17.6 Å². The summed E-state index contributed by atoms with van der Waals surface area (Å²) < 4.78 is 43.8. The maximum Gasteiger partial charge on any atom is 0.416 e. The molecule has 8 nitrogen and oxygen atoms in total. The van der Waals surface area contributed by atoms with Gasteiger partial charge in [-0.15, -0.1) is 0 Å². The predicted octanol–water partition coefficient (Wildman–Crippen LogP) is 4.38. The van der Waals surface area contributed by atoms with Crippen molar-refractivity contribution in [3.8, 4) is 11.3 Å². The summed E-state index contributed by atoms with van der Waals surface area (Å²) in [5.41, 5.74) is 3.01. The van der Waals surface area contributed by atoms with Crippen molar-refractivity contribution in [2.24, 2.45) is 5.92 Å². The van der Waals surface area contributed by atoms with Crippen molar-refractivity contribution >= 4 is 11.8 Å². The SMILES string of the molecule is CC(C)=CC(=O)NCc1cc(-c2nn(CCCN(C)C)c3c2CN(C(=O)CC2CCNCC2)CC3)ccc1C(F)(F)F. The third-order valence-corrected chi connectivity index (χ3v) is 7.94. The molecule has 2 aromatic rings. The van der Waals surface area contributed by atoms with Crippen molar-refractivity contribution < 1.29 is 22.8 Å². The van der Waals surface area contributed by atoms with E-state index in [-0.39, 0.29) is 18.0 Å². The fourth-order valence-electron chi connectivity index (χ4n) is 5.78. The lowest BCUT2D eigenvalue weighted by atomic mass is 9.93. The number of benzene rings is 1. The van der Waals surface area contributed by atoms with Crippen molar-refractivity contribution in [2.75, 3.05) is 40.3 Å². The van der Waals surface area contributed by atoms with Gasteiger partial charge in [-0.3, -0.25) is 14.3 Å². The zero-order valence-corrected chi connectivity index (χ0v) is 25.1. The highest BCUT2D eigenvalue weighted by atomic mass is 19.4. The Morgan fingerprint density at radius 3 is 2.60 bits per heavy atom. The summed E-state index contributed by atoms with van der Waals surface area (Å²) in [6, 6.07) is 4.00. The maximum absolute atomic E-state index is 13.9. The Morgan fingerprint density at radius 1 is 1.19 bits per heavy atom. The molecule has 11 heteroatoms. The molecule has 4 rings (SSSR count). The van der Waals surface area contributed by atoms with Crippen molar-refractivity contribution in [3.05, 3.63) is 52.2 Å². The van der Waals surface area contributed by atoms with Crippen LogP contribution in [0.3, 0.4) is 0 Å². The van der Waals surface area contributed by atoms with Crippen molar-refractivity contribution in [3.63, 3.8) is 0 Å². The highest BCUT2D eigenvalue weighted by Crippen LogP contribution is 2.37. The van der Waals surface area contributed by atoms with Gasteiger partial charge < -0.3 is 20.4 Å². The number of alkyl halides is 3. The molecular formula is C31H43F3N6O2. The number of aryl methyl sites for hydroxylation is 1. The Balaban J connectivity index is 1.66. The van der Waals surface area contributed by atoms with Crippen LogP contribution in [0.1, 0.15) is 61.9 Å². The van der Waals surface area contributed by atoms with E-state index in [2.05, 4.69) is 15.5 Å². The number of fused-ring (bicyclic) bond motifs is 1. The minimum absolute atomic E-state index is 0.0268. The molecule has 1 saturated heterocycles. The van der Waals surface area contributed by atoms with E-state index in [4.69, 9.17) is 5.10 Å². The van der Waals surface area contributed by atoms with Gasteiger partial charge >= 0.3 is 6.18 Å². The van der Waals surface area contributed by atoms with Gasteiger partial charge in [-0.2, -0.15) is 18.3 Å². The molecule has 0 radical (unpaired) electrons. The van der Waals surface area contributed by atoms with E-state index in [9.17, 15) is 22.8 Å². The van der Waals surface area contributed by atoms with Crippen LogP contribution in [0.2, 0.25) is 0 Å². The zero-order valence-electron chi connectivity index (χ0n) is 25.1. The average molecular weight is 589 g/mol. The fraction of sp³-hybridized carbons (Fsp3) is 0.581. The van der Waals surface area contributed by atoms with Gasteiger partial charge in [0, 0.05) is 61.9 Å². The molecule has 0 aliphatic carbocycles. The van der Waals surface area contributed by atoms with E-state index in [1.807, 2.05) is 23.7 Å². The van der Waals surface area contributed by atoms with Gasteiger partial charge in [-0.05, 0) is 90.5 Å². The molecule has 42 heavy (non-hydrogen) atoms. The molecule has 230 valence electrons. The lowest BCUT2D eigenvalue weighted by molar-refractivity contribution is -0.138. The summed E-state index contributed by atoms with van der Waals surface area (Å²) in [4.78, 5) is 29.5. The van der Waals surface area contributed by atoms with Crippen LogP contribution in [0.25, 0.3) is 11.3 Å². The van der Waals surface area contributed by atoms with Crippen molar-refractivity contribution in [1.82, 2.24) is 30.2 Å². The number of hydrogen-bond acceptors (Lipinski definition) is 5. The fourth-order valence-corrected chi connectivity index (χ4v) is 5.78. The summed E-state index contributed by atoms with van der Waals surface area (Å²) in [5, 5.41) is 10.8. The molecule has 1 aromatic heterocycles. The molecular weight excluding hydrogens is 545 g/mol. The smallest absolute Gasteiger partial charge is 0.348 e. The number of allylic oxidation sites excluding steroid dienone is 1. The van der Waals surface area contributed by atoms with E-state index >= 15 is 0 Å². The second kappa shape index (κ2) is 13.9. The molecule has 3 heterocycles. The number of aromatic nitrogens is 2. The Labute approximate surface area is 246 Å². The molecule has 0 atom stereocenters. The molecule has 2 amide bonds. The topological polar surface area (TPSA) is 82.5 Å². The molecule has 0 bridgehead atoms. The lowest BCUT2D eigenvalue weighted by Gasteiger charge is -2.30. The summed E-state index contributed by atoms with van der Waals surface area (Å²) in [6.07, 6.45) is 0.786. The van der Waals surface area contributed by atoms with Gasteiger partial charge in [0.25, 0.3) is 0 Å². The minimum Gasteiger partial charge on any atom is -0.348 e. The van der Waals surface area contributed by atoms with Crippen LogP contribution < -0.4 is 10.6 Å². The number of halogens is 3. The number of nitrogens with zero attached hydrogens (tertiary/aromatic N) is 4. The van der Waals surface area contributed by atoms with Gasteiger partial charge in [0.05, 0.1) is 11.3 Å². The Kier molecular flexibility index (Phi) is 10.5. The van der Waals surface area contributed by atoms with E-state index in [1.165, 1.54) is 18.2 Å². The molecule has 0 unspecified atom stereocenters. The Hall–Kier alpha value is -3.18. The van der Waals surface area contributed by atoms with E-state index in [1.54, 1.807) is 13.8 Å². The standard InChI is InChI=1S/C31H43F3N6O2/c1-21(2)16-28(41)36-19-24-18-23(6-7-26(24)31(32,33)34)30-25-20-39(29(42)17-22-8-11-35-12-9-22)15-10-27(25)40(37-30)14-5-13-38(3)4/h6-7,16,18,22,35H,5,8-15,17,19-20H2,1-4H3,(H,36,41). The van der Waals surface area contributed by atoms with Gasteiger partial charge in [0.15, 0.2) is 0 Å². The predicted molar refractivity (Wildman–Crippen MR) is 156 cm³/mol. The second-order valence-electron chi connectivity index (χ2n) is 11.9. The van der Waals surface area contributed by atoms with E-state index in [0.717, 1.165) is 61.8 Å². The van der Waals surface area contributed by atoms with Crippen molar-refractivity contribution in [2.45, 2.75) is 71.8 Å². The van der Waals surface area contributed by atoms with Crippen LogP contribution >= 0.6 is 0 Å². The zero-order chi connectivity index (χ0) is 30.4. The normalized spacial score (nSPS) is 16.0. The molecule has 2 aliphatic heterocycles. The molecule has 2 aliphatic rings. The lowest BCUT2D eigenvalue weighted by Crippen LogP contribution is -2.38. The first-order valence-electron chi connectivity index (χ1n) is 14.8. The quantitative estimate of drug-likeness (QED) is 0.403. The summed E-state index contributed by atoms with van der Waals surface area (Å²) >= 11 is 0. The average Bonchev–Trinajstić information content (AvgIpc) is 3.29. The Morgan fingerprint density at radius 2 is 1.93 bits per heavy atom. The minimum atomic E-state index is -4.57. The highest BCUT2D eigenvalue weighted by molar-refractivity contribution is 5.88. The highest BCUT2D eigenvalue weighted by Gasteiger charge is 2.34. The molecule has 0 saturated carbocycles. The van der Waals surface area contributed by atoms with Crippen LogP contribution in [0.5, 0.6) is 0 Å². The number of amides is 2. The third-order valence-electron chi connectivity index (χ3n) is 7.94. The first-order chi connectivity index (χ1) is 19.9. The monoisotopic (exact) mass is 588 g/mol. The van der Waals surface area contributed by atoms with Crippen LogP contribution in [-0.2, 0) is 41.8 Å². The van der Waals surface area contributed by atoms with Crippen molar-refractivity contribution in [1.29, 1.82) is 0 Å². The molecule has 2 N–H and O–H groups in total. The van der Waals surface area contributed by atoms with E-state index in [0.29, 0.717) is 49.7 Å². The summed E-state index contributed by atoms with van der Waals surface area (Å²) in [5.74, 6) is 0.0420. The molecule has 1 fully saturated rings. The molecule has 0 spiro atoms. The number of nitrogens with one attached hydrogen (secondary N) is 2. The Bertz CT molecular complexity index is 1290. The number of rotatable bonds is 10. The van der Waals surface area contributed by atoms with Gasteiger partial charge in [0.2, 0.25) is 11.8 Å².